The van der Waals surface area contributed by atoms with Crippen LogP contribution in [0.4, 0.5) is 0 Å². The Morgan fingerprint density at radius 3 is 2.93 bits per heavy atom. The number of nitrogens with one attached hydrogen (secondary N) is 2. The van der Waals surface area contributed by atoms with Gasteiger partial charge in [0.25, 0.3) is 0 Å². The quantitative estimate of drug-likeness (QED) is 0.777. The smallest absolute Gasteiger partial charge is 0.124 e. The highest BCUT2D eigenvalue weighted by Gasteiger charge is 2.20. The third-order valence-electron chi connectivity index (χ3n) is 2.78. The topological polar surface area (TPSA) is 45.1 Å². The minimum Gasteiger partial charge on any atom is -0.496 e. The Labute approximate surface area is 90.0 Å². The molecule has 1 aliphatic heterocycles. The molecular weight excluding hydrogens is 188 g/mol. The van der Waals surface area contributed by atoms with Crippen LogP contribution in [0, 0.1) is 5.41 Å². The lowest BCUT2D eigenvalue weighted by Crippen LogP contribution is -2.32. The summed E-state index contributed by atoms with van der Waals surface area (Å²) in [4.78, 5) is 0. The first-order valence-electron chi connectivity index (χ1n) is 5.28. The molecule has 1 unspecified atom stereocenters. The fraction of sp³-hybridized carbons (Fsp3) is 0.417. The van der Waals surface area contributed by atoms with E-state index in [2.05, 4.69) is 11.4 Å². The molecule has 0 aromatic heterocycles. The standard InChI is InChI=1S/C12H16N2O/c1-15-11-7-3-2-5-9(11)10-6-4-8-12(13)14-10/h2-3,5,7,10H,4,6,8H2,1H3,(H2,13,14). The molecule has 0 spiro atoms. The number of rotatable bonds is 2. The Kier molecular flexibility index (Phi) is 2.90. The highest BCUT2D eigenvalue weighted by atomic mass is 16.5. The number of para-hydroxylation sites is 1. The number of hydrogen-bond acceptors (Lipinski definition) is 2. The van der Waals surface area contributed by atoms with Crippen molar-refractivity contribution in [3.05, 3.63) is 29.8 Å². The van der Waals surface area contributed by atoms with Gasteiger partial charge in [-0.1, -0.05) is 18.2 Å². The lowest BCUT2D eigenvalue weighted by atomic mass is 9.96. The Hall–Kier alpha value is -1.51. The molecule has 1 heterocycles. The zero-order valence-electron chi connectivity index (χ0n) is 8.92. The van der Waals surface area contributed by atoms with Crippen LogP contribution in [0.15, 0.2) is 24.3 Å². The maximum Gasteiger partial charge on any atom is 0.124 e. The molecule has 0 aliphatic carbocycles. The van der Waals surface area contributed by atoms with E-state index < -0.39 is 0 Å². The number of piperidine rings is 1. The van der Waals surface area contributed by atoms with Crippen molar-refractivity contribution >= 4 is 5.84 Å². The van der Waals surface area contributed by atoms with E-state index in [0.29, 0.717) is 5.84 Å². The molecule has 3 heteroatoms. The number of methoxy groups -OCH3 is 1. The molecule has 80 valence electrons. The number of amidine groups is 1. The Balaban J connectivity index is 2.24. The van der Waals surface area contributed by atoms with Crippen molar-refractivity contribution in [1.29, 1.82) is 5.41 Å². The van der Waals surface area contributed by atoms with Gasteiger partial charge < -0.3 is 10.1 Å². The predicted octanol–water partition coefficient (Wildman–Crippen LogP) is 2.49. The predicted molar refractivity (Wildman–Crippen MR) is 60.4 cm³/mol. The molecule has 1 aliphatic rings. The van der Waals surface area contributed by atoms with Gasteiger partial charge in [-0.25, -0.2) is 0 Å². The lowest BCUT2D eigenvalue weighted by molar-refractivity contribution is 0.398. The summed E-state index contributed by atoms with van der Waals surface area (Å²) in [5.74, 6) is 1.54. The second kappa shape index (κ2) is 4.34. The van der Waals surface area contributed by atoms with Gasteiger partial charge in [0.2, 0.25) is 0 Å². The molecule has 0 saturated carbocycles. The molecule has 0 amide bonds. The van der Waals surface area contributed by atoms with E-state index in [-0.39, 0.29) is 6.04 Å². The Bertz CT molecular complexity index is 362. The summed E-state index contributed by atoms with van der Waals surface area (Å²) in [7, 11) is 1.69. The average molecular weight is 204 g/mol. The lowest BCUT2D eigenvalue weighted by Gasteiger charge is -2.26. The minimum absolute atomic E-state index is 0.238. The van der Waals surface area contributed by atoms with Crippen LogP contribution in [0.2, 0.25) is 0 Å². The summed E-state index contributed by atoms with van der Waals surface area (Å²) < 4.78 is 5.32. The second-order valence-corrected chi connectivity index (χ2v) is 3.81. The van der Waals surface area contributed by atoms with Crippen LogP contribution in [0.3, 0.4) is 0 Å². The van der Waals surface area contributed by atoms with Crippen LogP contribution in [-0.4, -0.2) is 12.9 Å². The van der Waals surface area contributed by atoms with Gasteiger partial charge in [0, 0.05) is 12.0 Å². The fourth-order valence-corrected chi connectivity index (χ4v) is 2.03. The Morgan fingerprint density at radius 2 is 2.20 bits per heavy atom. The van der Waals surface area contributed by atoms with Gasteiger partial charge in [-0.05, 0) is 18.9 Å². The first-order chi connectivity index (χ1) is 7.31. The van der Waals surface area contributed by atoms with E-state index >= 15 is 0 Å². The van der Waals surface area contributed by atoms with E-state index in [1.54, 1.807) is 7.11 Å². The van der Waals surface area contributed by atoms with Crippen molar-refractivity contribution in [3.63, 3.8) is 0 Å². The van der Waals surface area contributed by atoms with Gasteiger partial charge in [0.15, 0.2) is 0 Å². The van der Waals surface area contributed by atoms with Crippen molar-refractivity contribution in [3.8, 4) is 5.75 Å². The molecule has 2 N–H and O–H groups in total. The van der Waals surface area contributed by atoms with Gasteiger partial charge in [0.05, 0.1) is 19.0 Å². The van der Waals surface area contributed by atoms with Crippen molar-refractivity contribution in [2.45, 2.75) is 25.3 Å². The average Bonchev–Trinajstić information content (AvgIpc) is 2.29. The van der Waals surface area contributed by atoms with Crippen LogP contribution in [0.25, 0.3) is 0 Å². The summed E-state index contributed by atoms with van der Waals surface area (Å²) in [5.41, 5.74) is 1.16. The Morgan fingerprint density at radius 1 is 1.40 bits per heavy atom. The largest absolute Gasteiger partial charge is 0.496 e. The third-order valence-corrected chi connectivity index (χ3v) is 2.78. The zero-order chi connectivity index (χ0) is 10.7. The summed E-state index contributed by atoms with van der Waals surface area (Å²) in [6.07, 6.45) is 3.02. The summed E-state index contributed by atoms with van der Waals surface area (Å²) in [5, 5.41) is 10.9. The normalized spacial score (nSPS) is 20.9. The van der Waals surface area contributed by atoms with Gasteiger partial charge >= 0.3 is 0 Å². The van der Waals surface area contributed by atoms with Crippen LogP contribution in [-0.2, 0) is 0 Å². The molecule has 2 rings (SSSR count). The highest BCUT2D eigenvalue weighted by Crippen LogP contribution is 2.30. The minimum atomic E-state index is 0.238. The van der Waals surface area contributed by atoms with Gasteiger partial charge in [0.1, 0.15) is 5.75 Å². The number of ether oxygens (including phenoxy) is 1. The van der Waals surface area contributed by atoms with Gasteiger partial charge in [-0.15, -0.1) is 0 Å². The molecule has 1 saturated heterocycles. The van der Waals surface area contributed by atoms with E-state index in [9.17, 15) is 0 Å². The van der Waals surface area contributed by atoms with Crippen LogP contribution in [0.1, 0.15) is 30.9 Å². The van der Waals surface area contributed by atoms with Crippen molar-refractivity contribution in [2.24, 2.45) is 0 Å². The monoisotopic (exact) mass is 204 g/mol. The van der Waals surface area contributed by atoms with Crippen LogP contribution >= 0.6 is 0 Å². The first-order valence-corrected chi connectivity index (χ1v) is 5.28. The van der Waals surface area contributed by atoms with E-state index in [1.165, 1.54) is 0 Å². The summed E-state index contributed by atoms with van der Waals surface area (Å²) >= 11 is 0. The fourth-order valence-electron chi connectivity index (χ4n) is 2.03. The molecule has 1 aromatic carbocycles. The number of benzene rings is 1. The van der Waals surface area contributed by atoms with E-state index in [0.717, 1.165) is 30.6 Å². The molecule has 0 radical (unpaired) electrons. The molecule has 1 fully saturated rings. The van der Waals surface area contributed by atoms with Gasteiger partial charge in [-0.2, -0.15) is 0 Å². The zero-order valence-corrected chi connectivity index (χ0v) is 8.92. The van der Waals surface area contributed by atoms with E-state index in [4.69, 9.17) is 10.1 Å². The highest BCUT2D eigenvalue weighted by molar-refractivity contribution is 5.80. The van der Waals surface area contributed by atoms with Crippen LogP contribution in [0.5, 0.6) is 5.75 Å². The van der Waals surface area contributed by atoms with Crippen LogP contribution < -0.4 is 10.1 Å². The maximum atomic E-state index is 7.64. The van der Waals surface area contributed by atoms with Crippen molar-refractivity contribution in [1.82, 2.24) is 5.32 Å². The summed E-state index contributed by atoms with van der Waals surface area (Å²) in [6.45, 7) is 0. The maximum absolute atomic E-state index is 7.64. The van der Waals surface area contributed by atoms with Gasteiger partial charge in [-0.3, -0.25) is 5.41 Å². The molecule has 1 aromatic rings. The number of hydrogen-bond donors (Lipinski definition) is 2. The molecule has 3 nitrogen and oxygen atoms in total. The molecule has 15 heavy (non-hydrogen) atoms. The second-order valence-electron chi connectivity index (χ2n) is 3.81. The van der Waals surface area contributed by atoms with E-state index in [1.807, 2.05) is 18.2 Å². The summed E-state index contributed by atoms with van der Waals surface area (Å²) in [6, 6.07) is 8.25. The molecule has 0 bridgehead atoms. The molecular formula is C12H16N2O. The third kappa shape index (κ3) is 2.12. The van der Waals surface area contributed by atoms with Crippen molar-refractivity contribution < 1.29 is 4.74 Å². The first kappa shape index (κ1) is 10.0. The SMILES string of the molecule is COc1ccccc1C1CCCC(=N)N1. The molecule has 1 atom stereocenters. The van der Waals surface area contributed by atoms with Crippen molar-refractivity contribution in [2.75, 3.05) is 7.11 Å².